The van der Waals surface area contributed by atoms with Crippen molar-refractivity contribution in [1.29, 1.82) is 0 Å². The number of rotatable bonds is 9. The van der Waals surface area contributed by atoms with Gasteiger partial charge < -0.3 is 10.1 Å². The zero-order valence-electron chi connectivity index (χ0n) is 14.5. The van der Waals surface area contributed by atoms with E-state index in [4.69, 9.17) is 4.74 Å². The van der Waals surface area contributed by atoms with Gasteiger partial charge in [-0.05, 0) is 48.3 Å². The third kappa shape index (κ3) is 7.63. The van der Waals surface area contributed by atoms with Crippen molar-refractivity contribution in [2.45, 2.75) is 52.4 Å². The molecule has 1 aromatic carbocycles. The van der Waals surface area contributed by atoms with E-state index in [2.05, 4.69) is 57.3 Å². The molecule has 0 aliphatic heterocycles. The first-order chi connectivity index (χ1) is 9.93. The summed E-state index contributed by atoms with van der Waals surface area (Å²) in [5, 5.41) is 3.41. The van der Waals surface area contributed by atoms with Crippen LogP contribution < -0.4 is 5.32 Å². The number of aryl methyl sites for hydroxylation is 1. The smallest absolute Gasteiger partial charge is 0.0587 e. The number of benzene rings is 1. The van der Waals surface area contributed by atoms with Crippen LogP contribution in [0, 0.1) is 5.92 Å². The Hall–Kier alpha value is -0.860. The summed E-state index contributed by atoms with van der Waals surface area (Å²) in [4.78, 5) is 0. The van der Waals surface area contributed by atoms with Crippen molar-refractivity contribution in [3.63, 3.8) is 0 Å². The Balaban J connectivity index is 2.25. The van der Waals surface area contributed by atoms with Crippen LogP contribution in [0.4, 0.5) is 0 Å². The predicted octanol–water partition coefficient (Wildman–Crippen LogP) is 4.18. The van der Waals surface area contributed by atoms with Crippen LogP contribution in [0.2, 0.25) is 0 Å². The van der Waals surface area contributed by atoms with Gasteiger partial charge in [0, 0.05) is 13.7 Å². The van der Waals surface area contributed by atoms with Gasteiger partial charge in [-0.15, -0.1) is 0 Å². The van der Waals surface area contributed by atoms with E-state index in [0.29, 0.717) is 0 Å². The van der Waals surface area contributed by atoms with E-state index in [1.165, 1.54) is 30.4 Å². The fourth-order valence-electron chi connectivity index (χ4n) is 2.38. The first-order valence-electron chi connectivity index (χ1n) is 8.22. The summed E-state index contributed by atoms with van der Waals surface area (Å²) in [6.07, 6.45) is 3.69. The molecule has 0 aliphatic rings. The molecular weight excluding hydrogens is 258 g/mol. The maximum absolute atomic E-state index is 5.03. The van der Waals surface area contributed by atoms with E-state index < -0.39 is 0 Å². The Kier molecular flexibility index (Phi) is 7.98. The van der Waals surface area contributed by atoms with Crippen molar-refractivity contribution in [2.75, 3.05) is 26.8 Å². The SMILES string of the molecule is COCCNCCC(C)CCc1ccc(C(C)(C)C)cc1. The molecule has 0 saturated carbocycles. The molecule has 0 bridgehead atoms. The monoisotopic (exact) mass is 291 g/mol. The van der Waals surface area contributed by atoms with Crippen molar-refractivity contribution in [3.05, 3.63) is 35.4 Å². The standard InChI is InChI=1S/C19H33NO/c1-16(12-13-20-14-15-21-5)6-7-17-8-10-18(11-9-17)19(2,3)4/h8-11,16,20H,6-7,12-15H2,1-5H3. The molecule has 0 aliphatic carbocycles. The molecule has 2 heteroatoms. The van der Waals surface area contributed by atoms with Crippen LogP contribution in [0.5, 0.6) is 0 Å². The van der Waals surface area contributed by atoms with Gasteiger partial charge in [0.2, 0.25) is 0 Å². The predicted molar refractivity (Wildman–Crippen MR) is 92.0 cm³/mol. The molecule has 0 spiro atoms. The minimum absolute atomic E-state index is 0.250. The molecule has 120 valence electrons. The maximum Gasteiger partial charge on any atom is 0.0587 e. The largest absolute Gasteiger partial charge is 0.383 e. The molecule has 0 fully saturated rings. The molecule has 0 amide bonds. The van der Waals surface area contributed by atoms with Crippen LogP contribution in [0.3, 0.4) is 0 Å². The van der Waals surface area contributed by atoms with Gasteiger partial charge in [0.1, 0.15) is 0 Å². The lowest BCUT2D eigenvalue weighted by Gasteiger charge is -2.19. The van der Waals surface area contributed by atoms with Gasteiger partial charge in [-0.25, -0.2) is 0 Å². The highest BCUT2D eigenvalue weighted by molar-refractivity contribution is 5.27. The van der Waals surface area contributed by atoms with Gasteiger partial charge in [-0.3, -0.25) is 0 Å². The van der Waals surface area contributed by atoms with Crippen LogP contribution in [0.15, 0.2) is 24.3 Å². The highest BCUT2D eigenvalue weighted by Gasteiger charge is 2.12. The van der Waals surface area contributed by atoms with Crippen molar-refractivity contribution >= 4 is 0 Å². The van der Waals surface area contributed by atoms with E-state index in [1.807, 2.05) is 0 Å². The zero-order valence-corrected chi connectivity index (χ0v) is 14.5. The lowest BCUT2D eigenvalue weighted by molar-refractivity contribution is 0.199. The second-order valence-corrected chi connectivity index (χ2v) is 7.12. The van der Waals surface area contributed by atoms with Crippen LogP contribution in [-0.2, 0) is 16.6 Å². The van der Waals surface area contributed by atoms with E-state index in [9.17, 15) is 0 Å². The van der Waals surface area contributed by atoms with Gasteiger partial charge in [0.05, 0.1) is 6.61 Å². The molecular formula is C19H33NO. The summed E-state index contributed by atoms with van der Waals surface area (Å²) < 4.78 is 5.03. The number of hydrogen-bond acceptors (Lipinski definition) is 2. The van der Waals surface area contributed by atoms with Crippen LogP contribution >= 0.6 is 0 Å². The van der Waals surface area contributed by atoms with Crippen LogP contribution in [-0.4, -0.2) is 26.8 Å². The Morgan fingerprint density at radius 1 is 1.05 bits per heavy atom. The van der Waals surface area contributed by atoms with Gasteiger partial charge in [0.25, 0.3) is 0 Å². The molecule has 0 saturated heterocycles. The van der Waals surface area contributed by atoms with Crippen molar-refractivity contribution in [3.8, 4) is 0 Å². The molecule has 0 heterocycles. The van der Waals surface area contributed by atoms with E-state index in [0.717, 1.165) is 25.6 Å². The van der Waals surface area contributed by atoms with Crippen molar-refractivity contribution in [1.82, 2.24) is 5.32 Å². The Bertz CT molecular complexity index is 378. The number of hydrogen-bond donors (Lipinski definition) is 1. The highest BCUT2D eigenvalue weighted by atomic mass is 16.5. The number of nitrogens with one attached hydrogen (secondary N) is 1. The van der Waals surface area contributed by atoms with Gasteiger partial charge in [0.15, 0.2) is 0 Å². The summed E-state index contributed by atoms with van der Waals surface area (Å²) in [5.41, 5.74) is 3.13. The zero-order chi connectivity index (χ0) is 15.7. The minimum atomic E-state index is 0.250. The van der Waals surface area contributed by atoms with E-state index in [1.54, 1.807) is 7.11 Å². The second-order valence-electron chi connectivity index (χ2n) is 7.12. The summed E-state index contributed by atoms with van der Waals surface area (Å²) in [7, 11) is 1.75. The van der Waals surface area contributed by atoms with Crippen LogP contribution in [0.1, 0.15) is 51.7 Å². The Labute approximate surface area is 131 Å². The quantitative estimate of drug-likeness (QED) is 0.689. The lowest BCUT2D eigenvalue weighted by Crippen LogP contribution is -2.21. The number of ether oxygens (including phenoxy) is 1. The van der Waals surface area contributed by atoms with Crippen LogP contribution in [0.25, 0.3) is 0 Å². The fourth-order valence-corrected chi connectivity index (χ4v) is 2.38. The molecule has 1 rings (SSSR count). The summed E-state index contributed by atoms with van der Waals surface area (Å²) >= 11 is 0. The third-order valence-corrected chi connectivity index (χ3v) is 4.04. The lowest BCUT2D eigenvalue weighted by atomic mass is 9.86. The topological polar surface area (TPSA) is 21.3 Å². The van der Waals surface area contributed by atoms with Crippen molar-refractivity contribution < 1.29 is 4.74 Å². The Morgan fingerprint density at radius 3 is 2.29 bits per heavy atom. The molecule has 0 aromatic heterocycles. The number of methoxy groups -OCH3 is 1. The molecule has 21 heavy (non-hydrogen) atoms. The molecule has 1 atom stereocenters. The molecule has 1 N–H and O–H groups in total. The Morgan fingerprint density at radius 2 is 1.71 bits per heavy atom. The summed E-state index contributed by atoms with van der Waals surface area (Å²) in [6.45, 7) is 12.0. The average molecular weight is 291 g/mol. The molecule has 1 aromatic rings. The average Bonchev–Trinajstić information content (AvgIpc) is 2.44. The fraction of sp³-hybridized carbons (Fsp3) is 0.684. The minimum Gasteiger partial charge on any atom is -0.383 e. The molecule has 0 radical (unpaired) electrons. The first kappa shape index (κ1) is 18.2. The normalized spacial score (nSPS) is 13.4. The molecule has 1 unspecified atom stereocenters. The maximum atomic E-state index is 5.03. The second kappa shape index (κ2) is 9.22. The van der Waals surface area contributed by atoms with E-state index >= 15 is 0 Å². The first-order valence-corrected chi connectivity index (χ1v) is 8.22. The summed E-state index contributed by atoms with van der Waals surface area (Å²) in [6, 6.07) is 9.16. The third-order valence-electron chi connectivity index (χ3n) is 4.04. The highest BCUT2D eigenvalue weighted by Crippen LogP contribution is 2.23. The van der Waals surface area contributed by atoms with Crippen molar-refractivity contribution in [2.24, 2.45) is 5.92 Å². The summed E-state index contributed by atoms with van der Waals surface area (Å²) in [5.74, 6) is 0.766. The molecule has 2 nitrogen and oxygen atoms in total. The van der Waals surface area contributed by atoms with E-state index in [-0.39, 0.29) is 5.41 Å². The van der Waals surface area contributed by atoms with Gasteiger partial charge >= 0.3 is 0 Å². The van der Waals surface area contributed by atoms with Gasteiger partial charge in [-0.2, -0.15) is 0 Å². The van der Waals surface area contributed by atoms with Gasteiger partial charge in [-0.1, -0.05) is 52.0 Å².